The molecule has 0 bridgehead atoms. The summed E-state index contributed by atoms with van der Waals surface area (Å²) in [7, 11) is 1.52. The highest BCUT2D eigenvalue weighted by atomic mass is 35.5. The molecule has 0 aliphatic rings. The van der Waals surface area contributed by atoms with Gasteiger partial charge in [0.05, 0.1) is 33.9 Å². The minimum Gasteiger partial charge on any atom is -0.497 e. The normalized spacial score (nSPS) is 10.2. The molecule has 2 N–H and O–H groups in total. The van der Waals surface area contributed by atoms with Crippen molar-refractivity contribution in [3.63, 3.8) is 0 Å². The van der Waals surface area contributed by atoms with Gasteiger partial charge in [0.2, 0.25) is 0 Å². The van der Waals surface area contributed by atoms with Crippen molar-refractivity contribution in [2.45, 2.75) is 0 Å². The zero-order valence-corrected chi connectivity index (χ0v) is 18.5. The molecule has 3 rings (SSSR count). The lowest BCUT2D eigenvalue weighted by Gasteiger charge is -2.12. The quantitative estimate of drug-likeness (QED) is 0.277. The van der Waals surface area contributed by atoms with Crippen molar-refractivity contribution in [3.8, 4) is 5.75 Å². The summed E-state index contributed by atoms with van der Waals surface area (Å²) in [5.74, 6) is -1.45. The van der Waals surface area contributed by atoms with E-state index < -0.39 is 29.3 Å². The molecule has 0 atom stereocenters. The highest BCUT2D eigenvalue weighted by Crippen LogP contribution is 2.24. The number of rotatable bonds is 8. The van der Waals surface area contributed by atoms with Crippen LogP contribution in [0.5, 0.6) is 5.75 Å². The second kappa shape index (κ2) is 10.9. The van der Waals surface area contributed by atoms with Crippen molar-refractivity contribution in [2.75, 3.05) is 24.4 Å². The number of carbonyl (C=O) groups excluding carboxylic acids is 3. The number of hydrogen-bond acceptors (Lipinski definition) is 7. The van der Waals surface area contributed by atoms with E-state index in [2.05, 4.69) is 10.6 Å². The van der Waals surface area contributed by atoms with E-state index >= 15 is 0 Å². The van der Waals surface area contributed by atoms with Gasteiger partial charge in [0.25, 0.3) is 17.5 Å². The topological polar surface area (TPSA) is 137 Å². The first-order chi connectivity index (χ1) is 16.3. The fourth-order valence-electron chi connectivity index (χ4n) is 2.84. The number of carbonyl (C=O) groups is 3. The minimum absolute atomic E-state index is 0.00568. The Morgan fingerprint density at radius 2 is 1.68 bits per heavy atom. The fraction of sp³-hybridized carbons (Fsp3) is 0.0870. The molecule has 2 amide bonds. The monoisotopic (exact) mass is 483 g/mol. The van der Waals surface area contributed by atoms with Crippen molar-refractivity contribution >= 4 is 46.4 Å². The van der Waals surface area contributed by atoms with Crippen LogP contribution in [-0.2, 0) is 9.53 Å². The number of halogens is 1. The van der Waals surface area contributed by atoms with Crippen LogP contribution in [0.2, 0.25) is 5.02 Å². The van der Waals surface area contributed by atoms with Crippen molar-refractivity contribution < 1.29 is 28.8 Å². The number of nitro benzene ring substituents is 1. The summed E-state index contributed by atoms with van der Waals surface area (Å²) in [6.07, 6.45) is 0. The van der Waals surface area contributed by atoms with E-state index in [1.807, 2.05) is 0 Å². The van der Waals surface area contributed by atoms with Gasteiger partial charge in [-0.15, -0.1) is 0 Å². The lowest BCUT2D eigenvalue weighted by Crippen LogP contribution is -2.22. The smallest absolute Gasteiger partial charge is 0.340 e. The Labute approximate surface area is 198 Å². The van der Waals surface area contributed by atoms with Gasteiger partial charge >= 0.3 is 5.97 Å². The molecule has 11 heteroatoms. The van der Waals surface area contributed by atoms with E-state index in [9.17, 15) is 24.5 Å². The maximum absolute atomic E-state index is 12.6. The van der Waals surface area contributed by atoms with Crippen molar-refractivity contribution in [1.29, 1.82) is 0 Å². The molecule has 174 valence electrons. The number of methoxy groups -OCH3 is 1. The molecular formula is C23H18ClN3O7. The average molecular weight is 484 g/mol. The van der Waals surface area contributed by atoms with Gasteiger partial charge in [-0.05, 0) is 42.5 Å². The first kappa shape index (κ1) is 24.2. The number of anilines is 2. The maximum Gasteiger partial charge on any atom is 0.340 e. The summed E-state index contributed by atoms with van der Waals surface area (Å²) in [4.78, 5) is 47.5. The van der Waals surface area contributed by atoms with Gasteiger partial charge in [0.1, 0.15) is 5.75 Å². The lowest BCUT2D eigenvalue weighted by molar-refractivity contribution is -0.384. The van der Waals surface area contributed by atoms with E-state index in [4.69, 9.17) is 21.1 Å². The molecule has 0 radical (unpaired) electrons. The van der Waals surface area contributed by atoms with Crippen molar-refractivity contribution in [2.24, 2.45) is 0 Å². The largest absolute Gasteiger partial charge is 0.497 e. The molecule has 10 nitrogen and oxygen atoms in total. The van der Waals surface area contributed by atoms with Crippen LogP contribution in [-0.4, -0.2) is 36.4 Å². The number of nitrogens with zero attached hydrogens (tertiary/aromatic N) is 1. The summed E-state index contributed by atoms with van der Waals surface area (Å²) in [6, 6.07) is 16.0. The first-order valence-corrected chi connectivity index (χ1v) is 10.1. The van der Waals surface area contributed by atoms with E-state index in [1.165, 1.54) is 25.3 Å². The number of amides is 2. The molecule has 0 aliphatic heterocycles. The van der Waals surface area contributed by atoms with E-state index in [1.54, 1.807) is 36.4 Å². The van der Waals surface area contributed by atoms with E-state index in [0.717, 1.165) is 12.1 Å². The zero-order chi connectivity index (χ0) is 24.7. The first-order valence-electron chi connectivity index (χ1n) is 9.74. The summed E-state index contributed by atoms with van der Waals surface area (Å²) in [6.45, 7) is -0.554. The van der Waals surface area contributed by atoms with Gasteiger partial charge in [-0.3, -0.25) is 19.7 Å². The zero-order valence-electron chi connectivity index (χ0n) is 17.7. The molecule has 0 saturated heterocycles. The van der Waals surface area contributed by atoms with Crippen LogP contribution in [0.4, 0.5) is 17.1 Å². The van der Waals surface area contributed by atoms with Gasteiger partial charge < -0.3 is 20.1 Å². The third-order valence-corrected chi connectivity index (χ3v) is 4.82. The fourth-order valence-corrected chi connectivity index (χ4v) is 3.10. The molecule has 0 spiro atoms. The highest BCUT2D eigenvalue weighted by molar-refractivity contribution is 6.34. The summed E-state index contributed by atoms with van der Waals surface area (Å²) in [5.41, 5.74) is 0.329. The van der Waals surface area contributed by atoms with Crippen LogP contribution in [0.15, 0.2) is 66.7 Å². The van der Waals surface area contributed by atoms with Gasteiger partial charge in [0, 0.05) is 17.8 Å². The number of benzene rings is 3. The molecule has 3 aromatic carbocycles. The number of esters is 1. The van der Waals surface area contributed by atoms with Crippen LogP contribution in [0.25, 0.3) is 0 Å². The van der Waals surface area contributed by atoms with Crippen LogP contribution in [0.3, 0.4) is 0 Å². The Balaban J connectivity index is 1.64. The van der Waals surface area contributed by atoms with Crippen LogP contribution in [0.1, 0.15) is 20.7 Å². The molecule has 3 aromatic rings. The van der Waals surface area contributed by atoms with Gasteiger partial charge in [-0.25, -0.2) is 4.79 Å². The molecule has 0 fully saturated rings. The Hall–Kier alpha value is -4.44. The van der Waals surface area contributed by atoms with Crippen molar-refractivity contribution in [1.82, 2.24) is 0 Å². The molecular weight excluding hydrogens is 466 g/mol. The Morgan fingerprint density at radius 3 is 2.32 bits per heavy atom. The standard InChI is InChI=1S/C23H18ClN3O7/c1-33-16-9-6-14(7-10-16)25-21(28)13-34-23(30)18-4-2-3-5-20(18)26-22(29)17-11-8-15(27(31)32)12-19(17)24/h2-12H,13H2,1H3,(H,25,28)(H,26,29). The Morgan fingerprint density at radius 1 is 0.971 bits per heavy atom. The number of hydrogen-bond donors (Lipinski definition) is 2. The summed E-state index contributed by atoms with van der Waals surface area (Å²) < 4.78 is 10.1. The van der Waals surface area contributed by atoms with Crippen LogP contribution < -0.4 is 15.4 Å². The SMILES string of the molecule is COc1ccc(NC(=O)COC(=O)c2ccccc2NC(=O)c2ccc([N+](=O)[O-])cc2Cl)cc1. The predicted octanol–water partition coefficient (Wildman–Crippen LogP) is 4.30. The Bertz CT molecular complexity index is 1250. The summed E-state index contributed by atoms with van der Waals surface area (Å²) >= 11 is 6.00. The Kier molecular flexibility index (Phi) is 7.78. The number of non-ortho nitro benzene ring substituents is 1. The number of ether oxygens (including phenoxy) is 2. The van der Waals surface area contributed by atoms with E-state index in [-0.39, 0.29) is 27.5 Å². The number of para-hydroxylation sites is 1. The molecule has 34 heavy (non-hydrogen) atoms. The van der Waals surface area contributed by atoms with Gasteiger partial charge in [0.15, 0.2) is 6.61 Å². The maximum atomic E-state index is 12.6. The van der Waals surface area contributed by atoms with E-state index in [0.29, 0.717) is 11.4 Å². The van der Waals surface area contributed by atoms with Crippen molar-refractivity contribution in [3.05, 3.63) is 93.0 Å². The predicted molar refractivity (Wildman–Crippen MR) is 124 cm³/mol. The van der Waals surface area contributed by atoms with Crippen LogP contribution in [0, 0.1) is 10.1 Å². The summed E-state index contributed by atoms with van der Waals surface area (Å²) in [5, 5.41) is 15.8. The minimum atomic E-state index is -0.837. The molecule has 0 aromatic heterocycles. The van der Waals surface area contributed by atoms with Crippen LogP contribution >= 0.6 is 11.6 Å². The van der Waals surface area contributed by atoms with Gasteiger partial charge in [-0.2, -0.15) is 0 Å². The number of nitro groups is 1. The van der Waals surface area contributed by atoms with Gasteiger partial charge in [-0.1, -0.05) is 23.7 Å². The molecule has 0 saturated carbocycles. The second-order valence-electron chi connectivity index (χ2n) is 6.77. The third kappa shape index (κ3) is 6.08. The highest BCUT2D eigenvalue weighted by Gasteiger charge is 2.19. The molecule has 0 aliphatic carbocycles. The lowest BCUT2D eigenvalue weighted by atomic mass is 10.1. The third-order valence-electron chi connectivity index (χ3n) is 4.51. The number of nitrogens with one attached hydrogen (secondary N) is 2. The molecule has 0 heterocycles. The average Bonchev–Trinajstić information content (AvgIpc) is 2.83. The second-order valence-corrected chi connectivity index (χ2v) is 7.18. The molecule has 0 unspecified atom stereocenters.